The van der Waals surface area contributed by atoms with Gasteiger partial charge in [0.2, 0.25) is 0 Å². The number of aromatic nitrogens is 2. The van der Waals surface area contributed by atoms with Crippen molar-refractivity contribution in [2.75, 3.05) is 13.2 Å². The van der Waals surface area contributed by atoms with Gasteiger partial charge in [0.25, 0.3) is 15.7 Å². The molecule has 2 aromatic carbocycles. The first-order chi connectivity index (χ1) is 17.3. The third-order valence-corrected chi connectivity index (χ3v) is 6.72. The van der Waals surface area contributed by atoms with Gasteiger partial charge in [-0.25, -0.2) is 4.68 Å². The van der Waals surface area contributed by atoms with Crippen LogP contribution < -0.4 is 15.0 Å². The second-order valence-electron chi connectivity index (χ2n) is 9.52. The Morgan fingerprint density at radius 1 is 1.08 bits per heavy atom. The summed E-state index contributed by atoms with van der Waals surface area (Å²) in [4.78, 5) is 12.3. The molecule has 0 aliphatic heterocycles. The Morgan fingerprint density at radius 3 is 2.38 bits per heavy atom. The van der Waals surface area contributed by atoms with E-state index in [0.717, 1.165) is 11.1 Å². The zero-order chi connectivity index (χ0) is 27.4. The second kappa shape index (κ2) is 11.6. The average Bonchev–Trinajstić information content (AvgIpc) is 2.81. The molecule has 3 aromatic rings. The van der Waals surface area contributed by atoms with Crippen LogP contribution in [-0.4, -0.2) is 36.0 Å². The van der Waals surface area contributed by atoms with Gasteiger partial charge < -0.3 is 14.2 Å². The number of hydrogen-bond donors (Lipinski definition) is 1. The van der Waals surface area contributed by atoms with E-state index in [2.05, 4.69) is 5.10 Å². The molecule has 3 rings (SSSR count). The fourth-order valence-electron chi connectivity index (χ4n) is 3.53. The molecule has 0 saturated carbocycles. The van der Waals surface area contributed by atoms with E-state index in [9.17, 15) is 17.8 Å². The summed E-state index contributed by atoms with van der Waals surface area (Å²) in [6, 6.07) is 11.8. The molecule has 1 unspecified atom stereocenters. The van der Waals surface area contributed by atoms with Crippen molar-refractivity contribution in [2.45, 2.75) is 57.8 Å². The van der Waals surface area contributed by atoms with Crippen LogP contribution in [0.4, 0.5) is 0 Å². The predicted octanol–water partition coefficient (Wildman–Crippen LogP) is 4.94. The maximum Gasteiger partial charge on any atom is 0.294 e. The van der Waals surface area contributed by atoms with Crippen molar-refractivity contribution in [3.63, 3.8) is 0 Å². The molecule has 0 amide bonds. The summed E-state index contributed by atoms with van der Waals surface area (Å²) in [6.45, 7) is 9.75. The minimum atomic E-state index is -4.36. The highest BCUT2D eigenvalue weighted by Gasteiger charge is 2.21. The Morgan fingerprint density at radius 2 is 1.76 bits per heavy atom. The van der Waals surface area contributed by atoms with Gasteiger partial charge in [-0.2, -0.15) is 13.5 Å². The van der Waals surface area contributed by atoms with Gasteiger partial charge in [-0.1, -0.05) is 41.4 Å². The summed E-state index contributed by atoms with van der Waals surface area (Å²) in [7, 11) is -4.36. The third-order valence-electron chi connectivity index (χ3n) is 5.44. The van der Waals surface area contributed by atoms with Crippen molar-refractivity contribution in [2.24, 2.45) is 0 Å². The van der Waals surface area contributed by atoms with Crippen molar-refractivity contribution in [1.29, 1.82) is 0 Å². The van der Waals surface area contributed by atoms with E-state index in [1.54, 1.807) is 31.2 Å². The summed E-state index contributed by atoms with van der Waals surface area (Å²) in [5.74, 6) is 0.825. The quantitative estimate of drug-likeness (QED) is 0.278. The van der Waals surface area contributed by atoms with E-state index in [0.29, 0.717) is 11.3 Å². The number of rotatable bonds is 10. The molecule has 1 atom stereocenters. The van der Waals surface area contributed by atoms with Crippen molar-refractivity contribution < 1.29 is 27.2 Å². The Bertz CT molecular complexity index is 1400. The van der Waals surface area contributed by atoms with Crippen molar-refractivity contribution in [1.82, 2.24) is 9.78 Å². The lowest BCUT2D eigenvalue weighted by Gasteiger charge is -2.21. The molecule has 9 nitrogen and oxygen atoms in total. The van der Waals surface area contributed by atoms with E-state index >= 15 is 0 Å². The molecule has 0 spiro atoms. The smallest absolute Gasteiger partial charge is 0.294 e. The zero-order valence-electron chi connectivity index (χ0n) is 21.4. The van der Waals surface area contributed by atoms with E-state index in [1.165, 1.54) is 16.9 Å². The van der Waals surface area contributed by atoms with Crippen molar-refractivity contribution in [3.8, 4) is 11.5 Å². The van der Waals surface area contributed by atoms with Crippen LogP contribution in [0.3, 0.4) is 0 Å². The van der Waals surface area contributed by atoms with Crippen molar-refractivity contribution in [3.05, 3.63) is 80.7 Å². The van der Waals surface area contributed by atoms with Gasteiger partial charge >= 0.3 is 0 Å². The number of nitrogens with zero attached hydrogens (tertiary/aromatic N) is 2. The molecular formula is C26H31ClN2O7S. The summed E-state index contributed by atoms with van der Waals surface area (Å²) in [5.41, 5.74) is 1.17. The second-order valence-corrected chi connectivity index (χ2v) is 11.3. The zero-order valence-corrected chi connectivity index (χ0v) is 23.0. The fourth-order valence-corrected chi connectivity index (χ4v) is 4.48. The molecule has 0 aliphatic rings. The molecule has 11 heteroatoms. The molecular weight excluding hydrogens is 520 g/mol. The average molecular weight is 551 g/mol. The molecule has 0 saturated heterocycles. The Kier molecular flexibility index (Phi) is 9.01. The normalized spacial score (nSPS) is 12.8. The Hall–Kier alpha value is -2.92. The highest BCUT2D eigenvalue weighted by atomic mass is 35.5. The summed E-state index contributed by atoms with van der Waals surface area (Å²) in [5, 5.41) is 4.13. The predicted molar refractivity (Wildman–Crippen MR) is 140 cm³/mol. The fraction of sp³-hybridized carbons (Fsp3) is 0.385. The first kappa shape index (κ1) is 28.6. The largest absolute Gasteiger partial charge is 0.491 e. The van der Waals surface area contributed by atoms with E-state index in [-0.39, 0.29) is 35.5 Å². The third kappa shape index (κ3) is 7.54. The van der Waals surface area contributed by atoms with Crippen LogP contribution in [0.15, 0.2) is 58.4 Å². The highest BCUT2D eigenvalue weighted by molar-refractivity contribution is 7.85. The summed E-state index contributed by atoms with van der Waals surface area (Å²) in [6.07, 6.45) is 0.870. The number of hydrogen-bond acceptors (Lipinski definition) is 7. The first-order valence-corrected chi connectivity index (χ1v) is 13.4. The maximum absolute atomic E-state index is 12.4. The van der Waals surface area contributed by atoms with Crippen LogP contribution in [0, 0.1) is 6.92 Å². The standard InChI is InChI=1S/C26H31ClN2O7S/c1-17-6-11-23(37(31,32)33)21(14-17)18(2)34-12-13-35-20-9-7-19(8-10-20)16-36-22-15-28-29(26(3,4)5)25(30)24(22)27/h6-11,14-15,18H,12-13,16H2,1-5H3,(H,31,32,33). The molecule has 200 valence electrons. The van der Waals surface area contributed by atoms with Gasteiger partial charge in [0.15, 0.2) is 10.8 Å². The number of halogens is 1. The van der Waals surface area contributed by atoms with Crippen LogP contribution in [0.1, 0.15) is 50.5 Å². The van der Waals surface area contributed by atoms with E-state index in [1.807, 2.05) is 39.8 Å². The first-order valence-electron chi connectivity index (χ1n) is 11.6. The maximum atomic E-state index is 12.4. The molecule has 0 radical (unpaired) electrons. The summed E-state index contributed by atoms with van der Waals surface area (Å²) >= 11 is 6.19. The lowest BCUT2D eigenvalue weighted by molar-refractivity contribution is 0.0423. The molecule has 1 N–H and O–H groups in total. The molecule has 1 aromatic heterocycles. The SMILES string of the molecule is Cc1ccc(S(=O)(=O)O)c(C(C)OCCOc2ccc(COc3cnn(C(C)(C)C)c(=O)c3Cl)cc2)c1. The summed E-state index contributed by atoms with van der Waals surface area (Å²) < 4.78 is 51.2. The van der Waals surface area contributed by atoms with Gasteiger partial charge in [0.05, 0.1) is 29.3 Å². The number of benzene rings is 2. The lowest BCUT2D eigenvalue weighted by atomic mass is 10.1. The van der Waals surface area contributed by atoms with E-state index in [4.69, 9.17) is 25.8 Å². The van der Waals surface area contributed by atoms with Crippen molar-refractivity contribution >= 4 is 21.7 Å². The number of aryl methyl sites for hydroxylation is 1. The van der Waals surface area contributed by atoms with Crippen LogP contribution in [-0.2, 0) is 27.0 Å². The van der Waals surface area contributed by atoms with Gasteiger partial charge in [-0.05, 0) is 58.4 Å². The lowest BCUT2D eigenvalue weighted by Crippen LogP contribution is -2.36. The van der Waals surface area contributed by atoms with Gasteiger partial charge in [-0.15, -0.1) is 0 Å². The van der Waals surface area contributed by atoms with Crippen LogP contribution in [0.5, 0.6) is 11.5 Å². The van der Waals surface area contributed by atoms with Crippen LogP contribution >= 0.6 is 11.6 Å². The monoisotopic (exact) mass is 550 g/mol. The van der Waals surface area contributed by atoms with E-state index < -0.39 is 27.3 Å². The highest BCUT2D eigenvalue weighted by Crippen LogP contribution is 2.26. The van der Waals surface area contributed by atoms with Gasteiger partial charge in [-0.3, -0.25) is 9.35 Å². The van der Waals surface area contributed by atoms with Gasteiger partial charge in [0, 0.05) is 5.56 Å². The van der Waals surface area contributed by atoms with Crippen LogP contribution in [0.2, 0.25) is 5.02 Å². The molecule has 0 bridgehead atoms. The molecule has 37 heavy (non-hydrogen) atoms. The van der Waals surface area contributed by atoms with Crippen LogP contribution in [0.25, 0.3) is 0 Å². The Labute approximate surface area is 221 Å². The molecule has 0 aliphatic carbocycles. The minimum absolute atomic E-state index is 0.0199. The minimum Gasteiger partial charge on any atom is -0.491 e. The molecule has 0 fully saturated rings. The van der Waals surface area contributed by atoms with Gasteiger partial charge in [0.1, 0.15) is 19.0 Å². The topological polar surface area (TPSA) is 117 Å². The molecule has 1 heterocycles. The number of ether oxygens (including phenoxy) is 3. The Balaban J connectivity index is 1.51.